The Morgan fingerprint density at radius 3 is 2.42 bits per heavy atom. The summed E-state index contributed by atoms with van der Waals surface area (Å²) in [6.45, 7) is 5.83. The highest BCUT2D eigenvalue weighted by Crippen LogP contribution is 2.47. The maximum Gasteiger partial charge on any atom is 0.0101 e. The first-order valence-corrected chi connectivity index (χ1v) is 5.04. The zero-order valence-electron chi connectivity index (χ0n) is 8.69. The Hall–Kier alpha value is -0.0800. The summed E-state index contributed by atoms with van der Waals surface area (Å²) in [5.41, 5.74) is 0.701. The van der Waals surface area contributed by atoms with Crippen LogP contribution in [0.5, 0.6) is 0 Å². The van der Waals surface area contributed by atoms with Gasteiger partial charge < -0.3 is 10.2 Å². The average Bonchev–Trinajstić information content (AvgIpc) is 2.79. The fourth-order valence-electron chi connectivity index (χ4n) is 1.49. The molecule has 0 atom stereocenters. The van der Waals surface area contributed by atoms with Crippen LogP contribution in [0.2, 0.25) is 0 Å². The van der Waals surface area contributed by atoms with Crippen LogP contribution in [0, 0.1) is 5.41 Å². The van der Waals surface area contributed by atoms with Gasteiger partial charge in [0.2, 0.25) is 0 Å². The van der Waals surface area contributed by atoms with Crippen molar-refractivity contribution in [3.8, 4) is 0 Å². The molecular formula is C10H22N2. The van der Waals surface area contributed by atoms with E-state index in [1.54, 1.807) is 0 Å². The SMILES string of the molecule is CCC1(CNCCN(C)C)CC1. The van der Waals surface area contributed by atoms with E-state index in [9.17, 15) is 0 Å². The minimum absolute atomic E-state index is 0.701. The van der Waals surface area contributed by atoms with Gasteiger partial charge in [-0.3, -0.25) is 0 Å². The van der Waals surface area contributed by atoms with Gasteiger partial charge in [0.15, 0.2) is 0 Å². The second kappa shape index (κ2) is 4.24. The van der Waals surface area contributed by atoms with Gasteiger partial charge in [0.25, 0.3) is 0 Å². The lowest BCUT2D eigenvalue weighted by molar-refractivity contribution is 0.377. The zero-order valence-corrected chi connectivity index (χ0v) is 8.69. The van der Waals surface area contributed by atoms with Crippen molar-refractivity contribution >= 4 is 0 Å². The lowest BCUT2D eigenvalue weighted by Crippen LogP contribution is -2.30. The molecular weight excluding hydrogens is 148 g/mol. The van der Waals surface area contributed by atoms with Gasteiger partial charge in [-0.25, -0.2) is 0 Å². The molecule has 0 saturated heterocycles. The quantitative estimate of drug-likeness (QED) is 0.605. The van der Waals surface area contributed by atoms with E-state index >= 15 is 0 Å². The second-order valence-electron chi connectivity index (χ2n) is 4.33. The number of hydrogen-bond donors (Lipinski definition) is 1. The number of likely N-dealkylation sites (N-methyl/N-ethyl adjacent to an activating group) is 1. The standard InChI is InChI=1S/C10H22N2/c1-4-10(5-6-10)9-11-7-8-12(2)3/h11H,4-9H2,1-3H3. The van der Waals surface area contributed by atoms with Gasteiger partial charge in [-0.2, -0.15) is 0 Å². The first-order valence-electron chi connectivity index (χ1n) is 5.04. The van der Waals surface area contributed by atoms with E-state index in [0.29, 0.717) is 5.41 Å². The molecule has 0 unspecified atom stereocenters. The van der Waals surface area contributed by atoms with Gasteiger partial charge in [-0.15, -0.1) is 0 Å². The first kappa shape index (κ1) is 10.0. The fraction of sp³-hybridized carbons (Fsp3) is 1.00. The van der Waals surface area contributed by atoms with Crippen molar-refractivity contribution in [1.82, 2.24) is 10.2 Å². The maximum atomic E-state index is 3.53. The van der Waals surface area contributed by atoms with Gasteiger partial charge in [-0.05, 0) is 38.8 Å². The molecule has 0 bridgehead atoms. The third kappa shape index (κ3) is 3.11. The molecule has 1 fully saturated rings. The third-order valence-electron chi connectivity index (χ3n) is 2.94. The molecule has 1 aliphatic carbocycles. The topological polar surface area (TPSA) is 15.3 Å². The van der Waals surface area contributed by atoms with Gasteiger partial charge in [-0.1, -0.05) is 6.92 Å². The van der Waals surface area contributed by atoms with Crippen molar-refractivity contribution in [2.75, 3.05) is 33.7 Å². The number of hydrogen-bond acceptors (Lipinski definition) is 2. The van der Waals surface area contributed by atoms with Crippen LogP contribution < -0.4 is 5.32 Å². The zero-order chi connectivity index (χ0) is 9.03. The van der Waals surface area contributed by atoms with Crippen LogP contribution in [0.25, 0.3) is 0 Å². The third-order valence-corrected chi connectivity index (χ3v) is 2.94. The molecule has 0 aromatic heterocycles. The number of nitrogens with zero attached hydrogens (tertiary/aromatic N) is 1. The average molecular weight is 170 g/mol. The molecule has 12 heavy (non-hydrogen) atoms. The van der Waals surface area contributed by atoms with E-state index in [2.05, 4.69) is 31.2 Å². The van der Waals surface area contributed by atoms with Crippen LogP contribution >= 0.6 is 0 Å². The summed E-state index contributed by atoms with van der Waals surface area (Å²) in [6, 6.07) is 0. The molecule has 2 nitrogen and oxygen atoms in total. The predicted octanol–water partition coefficient (Wildman–Crippen LogP) is 1.33. The largest absolute Gasteiger partial charge is 0.315 e. The molecule has 0 aliphatic heterocycles. The lowest BCUT2D eigenvalue weighted by Gasteiger charge is -2.15. The molecule has 1 saturated carbocycles. The summed E-state index contributed by atoms with van der Waals surface area (Å²) in [4.78, 5) is 2.22. The van der Waals surface area contributed by atoms with Gasteiger partial charge in [0.1, 0.15) is 0 Å². The van der Waals surface area contributed by atoms with E-state index in [4.69, 9.17) is 0 Å². The molecule has 2 heteroatoms. The molecule has 1 aliphatic rings. The summed E-state index contributed by atoms with van der Waals surface area (Å²) in [5.74, 6) is 0. The predicted molar refractivity (Wildman–Crippen MR) is 53.4 cm³/mol. The Morgan fingerprint density at radius 1 is 1.33 bits per heavy atom. The van der Waals surface area contributed by atoms with Crippen molar-refractivity contribution in [3.63, 3.8) is 0 Å². The fourth-order valence-corrected chi connectivity index (χ4v) is 1.49. The normalized spacial score (nSPS) is 20.0. The number of nitrogens with one attached hydrogen (secondary N) is 1. The second-order valence-corrected chi connectivity index (χ2v) is 4.33. The molecule has 0 heterocycles. The van der Waals surface area contributed by atoms with Gasteiger partial charge >= 0.3 is 0 Å². The molecule has 0 spiro atoms. The summed E-state index contributed by atoms with van der Waals surface area (Å²) in [6.07, 6.45) is 4.24. The van der Waals surface area contributed by atoms with E-state index < -0.39 is 0 Å². The smallest absolute Gasteiger partial charge is 0.0101 e. The highest BCUT2D eigenvalue weighted by Gasteiger charge is 2.39. The first-order chi connectivity index (χ1) is 5.68. The van der Waals surface area contributed by atoms with Crippen molar-refractivity contribution < 1.29 is 0 Å². The molecule has 0 aromatic rings. The van der Waals surface area contributed by atoms with Crippen LogP contribution in [-0.4, -0.2) is 38.6 Å². The molecule has 1 N–H and O–H groups in total. The Morgan fingerprint density at radius 2 is 2.00 bits per heavy atom. The van der Waals surface area contributed by atoms with Gasteiger partial charge in [0.05, 0.1) is 0 Å². The van der Waals surface area contributed by atoms with E-state index in [0.717, 1.165) is 13.1 Å². The molecule has 0 amide bonds. The molecule has 1 rings (SSSR count). The summed E-state index contributed by atoms with van der Waals surface area (Å²) < 4.78 is 0. The monoisotopic (exact) mass is 170 g/mol. The van der Waals surface area contributed by atoms with E-state index in [1.807, 2.05) is 0 Å². The van der Waals surface area contributed by atoms with E-state index in [1.165, 1.54) is 25.8 Å². The van der Waals surface area contributed by atoms with E-state index in [-0.39, 0.29) is 0 Å². The van der Waals surface area contributed by atoms with Crippen LogP contribution in [-0.2, 0) is 0 Å². The van der Waals surface area contributed by atoms with Crippen LogP contribution in [0.1, 0.15) is 26.2 Å². The van der Waals surface area contributed by atoms with Crippen LogP contribution in [0.4, 0.5) is 0 Å². The van der Waals surface area contributed by atoms with Crippen molar-refractivity contribution in [2.24, 2.45) is 5.41 Å². The Labute approximate surface area is 76.3 Å². The lowest BCUT2D eigenvalue weighted by atomic mass is 10.0. The van der Waals surface area contributed by atoms with Gasteiger partial charge in [0, 0.05) is 19.6 Å². The van der Waals surface area contributed by atoms with Crippen molar-refractivity contribution in [1.29, 1.82) is 0 Å². The summed E-state index contributed by atoms with van der Waals surface area (Å²) in [7, 11) is 4.24. The minimum atomic E-state index is 0.701. The highest BCUT2D eigenvalue weighted by molar-refractivity contribution is 4.93. The maximum absolute atomic E-state index is 3.53. The molecule has 0 radical (unpaired) electrons. The highest BCUT2D eigenvalue weighted by atomic mass is 15.1. The molecule has 0 aromatic carbocycles. The summed E-state index contributed by atoms with van der Waals surface area (Å²) in [5, 5.41) is 3.53. The van der Waals surface area contributed by atoms with Crippen LogP contribution in [0.3, 0.4) is 0 Å². The minimum Gasteiger partial charge on any atom is -0.315 e. The Bertz CT molecular complexity index is 128. The summed E-state index contributed by atoms with van der Waals surface area (Å²) >= 11 is 0. The van der Waals surface area contributed by atoms with Crippen molar-refractivity contribution in [2.45, 2.75) is 26.2 Å². The number of rotatable bonds is 6. The molecule has 72 valence electrons. The van der Waals surface area contributed by atoms with Crippen LogP contribution in [0.15, 0.2) is 0 Å². The van der Waals surface area contributed by atoms with Crippen molar-refractivity contribution in [3.05, 3.63) is 0 Å². The Balaban J connectivity index is 1.95. The Kier molecular flexibility index (Phi) is 3.53.